The number of amides is 1. The van der Waals surface area contributed by atoms with Crippen molar-refractivity contribution in [3.63, 3.8) is 0 Å². The number of rotatable bonds is 4. The molecule has 1 fully saturated rings. The number of methoxy groups -OCH3 is 1. The normalized spacial score (nSPS) is 18.0. The van der Waals surface area contributed by atoms with Crippen molar-refractivity contribution in [3.8, 4) is 17.1 Å². The molecule has 3 rings (SSSR count). The van der Waals surface area contributed by atoms with Gasteiger partial charge in [-0.3, -0.25) is 4.79 Å². The number of likely N-dealkylation sites (tertiary alicyclic amines) is 1. The van der Waals surface area contributed by atoms with E-state index >= 15 is 0 Å². The summed E-state index contributed by atoms with van der Waals surface area (Å²) in [6.07, 6.45) is 2.41. The van der Waals surface area contributed by atoms with Crippen molar-refractivity contribution >= 4 is 5.91 Å². The van der Waals surface area contributed by atoms with E-state index in [1.54, 1.807) is 7.11 Å². The van der Waals surface area contributed by atoms with E-state index in [4.69, 9.17) is 9.26 Å². The minimum Gasteiger partial charge on any atom is -0.497 e. The molecule has 1 saturated heterocycles. The Bertz CT molecular complexity index is 666. The van der Waals surface area contributed by atoms with Crippen molar-refractivity contribution in [1.82, 2.24) is 15.0 Å². The second-order valence-corrected chi connectivity index (χ2v) is 6.00. The Balaban J connectivity index is 1.65. The van der Waals surface area contributed by atoms with Crippen LogP contribution in [0, 0.1) is 5.92 Å². The van der Waals surface area contributed by atoms with Crippen LogP contribution >= 0.6 is 0 Å². The van der Waals surface area contributed by atoms with Crippen molar-refractivity contribution in [2.75, 3.05) is 20.2 Å². The van der Waals surface area contributed by atoms with E-state index in [9.17, 15) is 4.79 Å². The third kappa shape index (κ3) is 3.70. The number of hydrogen-bond donors (Lipinski definition) is 0. The molecule has 0 radical (unpaired) electrons. The molecule has 1 atom stereocenters. The molecule has 1 amide bonds. The lowest BCUT2D eigenvalue weighted by molar-refractivity contribution is -0.132. The summed E-state index contributed by atoms with van der Waals surface area (Å²) in [5.41, 5.74) is 0.833. The predicted molar refractivity (Wildman–Crippen MR) is 85.0 cm³/mol. The molecule has 1 aliphatic rings. The van der Waals surface area contributed by atoms with Gasteiger partial charge in [-0.1, -0.05) is 12.1 Å². The van der Waals surface area contributed by atoms with Crippen LogP contribution in [0.4, 0.5) is 0 Å². The molecule has 0 unspecified atom stereocenters. The fourth-order valence-corrected chi connectivity index (χ4v) is 2.84. The van der Waals surface area contributed by atoms with Gasteiger partial charge in [-0.05, 0) is 43.0 Å². The summed E-state index contributed by atoms with van der Waals surface area (Å²) in [7, 11) is 1.62. The van der Waals surface area contributed by atoms with Crippen LogP contribution in [0.2, 0.25) is 0 Å². The number of nitrogens with zero attached hydrogens (tertiary/aromatic N) is 3. The average Bonchev–Trinajstić information content (AvgIpc) is 3.03. The first kappa shape index (κ1) is 15.5. The highest BCUT2D eigenvalue weighted by atomic mass is 16.5. The summed E-state index contributed by atoms with van der Waals surface area (Å²) in [6.45, 7) is 3.81. The smallest absolute Gasteiger partial charge is 0.236 e. The summed E-state index contributed by atoms with van der Waals surface area (Å²) >= 11 is 0. The Morgan fingerprint density at radius 3 is 2.87 bits per heavy atom. The molecule has 23 heavy (non-hydrogen) atoms. The lowest BCUT2D eigenvalue weighted by Crippen LogP contribution is -2.39. The molecule has 0 bridgehead atoms. The third-order valence-electron chi connectivity index (χ3n) is 4.13. The Morgan fingerprint density at radius 1 is 1.39 bits per heavy atom. The highest BCUT2D eigenvalue weighted by Gasteiger charge is 2.23. The minimum absolute atomic E-state index is 0.0569. The number of hydrogen-bond acceptors (Lipinski definition) is 5. The number of carbonyl (C=O) groups excluding carboxylic acids is 1. The molecule has 0 spiro atoms. The number of benzene rings is 1. The molecule has 1 aromatic heterocycles. The Morgan fingerprint density at radius 2 is 2.17 bits per heavy atom. The topological polar surface area (TPSA) is 68.5 Å². The number of aromatic nitrogens is 2. The molecule has 1 aromatic carbocycles. The van der Waals surface area contributed by atoms with Crippen LogP contribution in [0.3, 0.4) is 0 Å². The zero-order chi connectivity index (χ0) is 16.2. The Labute approximate surface area is 135 Å². The summed E-state index contributed by atoms with van der Waals surface area (Å²) in [5.74, 6) is 2.24. The van der Waals surface area contributed by atoms with E-state index in [1.807, 2.05) is 29.2 Å². The zero-order valence-electron chi connectivity index (χ0n) is 13.5. The first-order valence-corrected chi connectivity index (χ1v) is 7.90. The standard InChI is InChI=1S/C17H21N3O3/c1-12-4-3-9-20(11-12)16(21)10-15-18-17(19-23-15)13-5-7-14(22-2)8-6-13/h5-8,12H,3-4,9-11H2,1-2H3/t12-/m1/s1. The SMILES string of the molecule is COc1ccc(-c2noc(CC(=O)N3CCC[C@@H](C)C3)n2)cc1. The molecular weight excluding hydrogens is 294 g/mol. The number of carbonyl (C=O) groups is 1. The van der Waals surface area contributed by atoms with Gasteiger partial charge in [0.2, 0.25) is 17.6 Å². The van der Waals surface area contributed by atoms with Gasteiger partial charge in [0.1, 0.15) is 12.2 Å². The Kier molecular flexibility index (Phi) is 4.60. The zero-order valence-corrected chi connectivity index (χ0v) is 13.5. The summed E-state index contributed by atoms with van der Waals surface area (Å²) in [4.78, 5) is 18.5. The predicted octanol–water partition coefficient (Wildman–Crippen LogP) is 2.55. The minimum atomic E-state index is 0.0569. The molecule has 2 aromatic rings. The molecule has 0 saturated carbocycles. The van der Waals surface area contributed by atoms with Crippen molar-refractivity contribution in [2.45, 2.75) is 26.2 Å². The molecule has 2 heterocycles. The van der Waals surface area contributed by atoms with Gasteiger partial charge in [0.05, 0.1) is 7.11 Å². The maximum absolute atomic E-state index is 12.3. The molecule has 122 valence electrons. The van der Waals surface area contributed by atoms with Crippen LogP contribution in [-0.2, 0) is 11.2 Å². The monoisotopic (exact) mass is 315 g/mol. The van der Waals surface area contributed by atoms with Crippen LogP contribution in [0.5, 0.6) is 5.75 Å². The largest absolute Gasteiger partial charge is 0.497 e. The van der Waals surface area contributed by atoms with E-state index in [0.29, 0.717) is 17.6 Å². The fraction of sp³-hybridized carbons (Fsp3) is 0.471. The third-order valence-corrected chi connectivity index (χ3v) is 4.13. The molecular formula is C17H21N3O3. The van der Waals surface area contributed by atoms with Gasteiger partial charge in [0.15, 0.2) is 0 Å². The van der Waals surface area contributed by atoms with Gasteiger partial charge < -0.3 is 14.2 Å². The summed E-state index contributed by atoms with van der Waals surface area (Å²) < 4.78 is 10.3. The second kappa shape index (κ2) is 6.81. The van der Waals surface area contributed by atoms with Crippen LogP contribution in [-0.4, -0.2) is 41.1 Å². The quantitative estimate of drug-likeness (QED) is 0.867. The van der Waals surface area contributed by atoms with Crippen molar-refractivity contribution in [2.24, 2.45) is 5.92 Å². The highest BCUT2D eigenvalue weighted by Crippen LogP contribution is 2.20. The highest BCUT2D eigenvalue weighted by molar-refractivity contribution is 5.78. The van der Waals surface area contributed by atoms with Gasteiger partial charge in [-0.2, -0.15) is 4.98 Å². The Hall–Kier alpha value is -2.37. The van der Waals surface area contributed by atoms with Crippen molar-refractivity contribution in [3.05, 3.63) is 30.2 Å². The molecule has 6 nitrogen and oxygen atoms in total. The van der Waals surface area contributed by atoms with Crippen LogP contribution in [0.25, 0.3) is 11.4 Å². The van der Waals surface area contributed by atoms with Gasteiger partial charge in [0.25, 0.3) is 0 Å². The van der Waals surface area contributed by atoms with Crippen LogP contribution in [0.1, 0.15) is 25.7 Å². The van der Waals surface area contributed by atoms with Crippen LogP contribution in [0.15, 0.2) is 28.8 Å². The van der Waals surface area contributed by atoms with Gasteiger partial charge in [-0.15, -0.1) is 0 Å². The fourth-order valence-electron chi connectivity index (χ4n) is 2.84. The first-order chi connectivity index (χ1) is 11.2. The van der Waals surface area contributed by atoms with E-state index in [-0.39, 0.29) is 12.3 Å². The van der Waals surface area contributed by atoms with E-state index in [0.717, 1.165) is 30.8 Å². The van der Waals surface area contributed by atoms with E-state index in [1.165, 1.54) is 6.42 Å². The maximum Gasteiger partial charge on any atom is 0.236 e. The summed E-state index contributed by atoms with van der Waals surface area (Å²) in [6, 6.07) is 7.40. The average molecular weight is 315 g/mol. The van der Waals surface area contributed by atoms with Gasteiger partial charge >= 0.3 is 0 Å². The molecule has 0 N–H and O–H groups in total. The van der Waals surface area contributed by atoms with E-state index < -0.39 is 0 Å². The first-order valence-electron chi connectivity index (χ1n) is 7.90. The van der Waals surface area contributed by atoms with Crippen molar-refractivity contribution in [1.29, 1.82) is 0 Å². The second-order valence-electron chi connectivity index (χ2n) is 6.00. The maximum atomic E-state index is 12.3. The lowest BCUT2D eigenvalue weighted by Gasteiger charge is -2.30. The van der Waals surface area contributed by atoms with Gasteiger partial charge in [-0.25, -0.2) is 0 Å². The number of piperidine rings is 1. The van der Waals surface area contributed by atoms with Crippen LogP contribution < -0.4 is 4.74 Å². The van der Waals surface area contributed by atoms with E-state index in [2.05, 4.69) is 17.1 Å². The van der Waals surface area contributed by atoms with Crippen molar-refractivity contribution < 1.29 is 14.1 Å². The number of ether oxygens (including phenoxy) is 1. The molecule has 6 heteroatoms. The lowest BCUT2D eigenvalue weighted by atomic mass is 10.00. The molecule has 0 aliphatic carbocycles. The summed E-state index contributed by atoms with van der Waals surface area (Å²) in [5, 5.41) is 3.96. The van der Waals surface area contributed by atoms with Gasteiger partial charge in [0, 0.05) is 18.7 Å². The molecule has 1 aliphatic heterocycles.